The molecule has 3 fully saturated rings. The fourth-order valence-electron chi connectivity index (χ4n) is 8.57. The van der Waals surface area contributed by atoms with Crippen LogP contribution in [-0.2, 0) is 33.2 Å². The van der Waals surface area contributed by atoms with Gasteiger partial charge in [0, 0.05) is 6.42 Å². The summed E-state index contributed by atoms with van der Waals surface area (Å²) in [6.07, 6.45) is 6.42. The largest absolute Gasteiger partial charge is 0.394 e. The molecule has 17 atom stereocenters. The van der Waals surface area contributed by atoms with Crippen LogP contribution in [0.4, 0.5) is 0 Å². The van der Waals surface area contributed by atoms with E-state index < -0.39 is 124 Å². The number of amides is 1. The van der Waals surface area contributed by atoms with Crippen molar-refractivity contribution < 1.29 is 89.4 Å². The molecule has 12 N–H and O–H groups in total. The molecule has 0 radical (unpaired) electrons. The Balaban J connectivity index is 1.47. The third-order valence-corrected chi connectivity index (χ3v) is 12.9. The van der Waals surface area contributed by atoms with Gasteiger partial charge in [-0.25, -0.2) is 0 Å². The van der Waals surface area contributed by atoms with Crippen LogP contribution in [-0.4, -0.2) is 193 Å². The lowest BCUT2D eigenvalue weighted by atomic mass is 9.96. The zero-order valence-electron chi connectivity index (χ0n) is 41.0. The summed E-state index contributed by atoms with van der Waals surface area (Å²) >= 11 is 0. The van der Waals surface area contributed by atoms with E-state index in [2.05, 4.69) is 43.5 Å². The maximum atomic E-state index is 13.1. The normalized spacial score (nSPS) is 33.1. The van der Waals surface area contributed by atoms with Gasteiger partial charge in [0.15, 0.2) is 18.9 Å². The molecule has 0 saturated carbocycles. The second-order valence-corrected chi connectivity index (χ2v) is 18.6. The molecule has 3 heterocycles. The van der Waals surface area contributed by atoms with Crippen molar-refractivity contribution in [2.75, 3.05) is 26.4 Å². The summed E-state index contributed by atoms with van der Waals surface area (Å²) in [6.45, 7) is 1.53. The summed E-state index contributed by atoms with van der Waals surface area (Å²) in [6, 6.07) is -0.970. The zero-order valence-corrected chi connectivity index (χ0v) is 41.0. The van der Waals surface area contributed by atoms with Gasteiger partial charge in [-0.3, -0.25) is 4.79 Å². The van der Waals surface area contributed by atoms with E-state index in [-0.39, 0.29) is 18.9 Å². The minimum absolute atomic E-state index is 0.236. The van der Waals surface area contributed by atoms with Gasteiger partial charge < -0.3 is 89.9 Å². The van der Waals surface area contributed by atoms with Crippen LogP contribution in [0.25, 0.3) is 0 Å². The van der Waals surface area contributed by atoms with Gasteiger partial charge in [0.1, 0.15) is 73.2 Å². The van der Waals surface area contributed by atoms with Crippen LogP contribution in [0.1, 0.15) is 142 Å². The monoisotopic (exact) mass is 992 g/mol. The number of aliphatic hydroxyl groups excluding tert-OH is 11. The van der Waals surface area contributed by atoms with Gasteiger partial charge in [-0.1, -0.05) is 121 Å². The second kappa shape index (κ2) is 35.2. The molecule has 0 aliphatic carbocycles. The molecule has 1 amide bonds. The van der Waals surface area contributed by atoms with Gasteiger partial charge in [0.25, 0.3) is 0 Å². The van der Waals surface area contributed by atoms with Gasteiger partial charge in [-0.15, -0.1) is 0 Å². The van der Waals surface area contributed by atoms with Crippen molar-refractivity contribution in [3.8, 4) is 0 Å². The number of carbonyl (C=O) groups is 1. The Morgan fingerprint density at radius 1 is 0.522 bits per heavy atom. The maximum Gasteiger partial charge on any atom is 0.220 e. The van der Waals surface area contributed by atoms with E-state index in [1.165, 1.54) is 51.4 Å². The first-order valence-electron chi connectivity index (χ1n) is 25.7. The average Bonchev–Trinajstić information content (AvgIpc) is 3.34. The first-order valence-corrected chi connectivity index (χ1v) is 25.7. The summed E-state index contributed by atoms with van der Waals surface area (Å²) < 4.78 is 34.0. The van der Waals surface area contributed by atoms with Crippen LogP contribution in [0.5, 0.6) is 0 Å². The highest BCUT2D eigenvalue weighted by Gasteiger charge is 2.53. The number of nitrogens with one attached hydrogen (secondary N) is 1. The third-order valence-electron chi connectivity index (χ3n) is 12.9. The number of aliphatic hydroxyl groups is 11. The number of hydrogen-bond donors (Lipinski definition) is 12. The van der Waals surface area contributed by atoms with Crippen LogP contribution < -0.4 is 5.32 Å². The van der Waals surface area contributed by atoms with E-state index in [4.69, 9.17) is 28.4 Å². The lowest BCUT2D eigenvalue weighted by Gasteiger charge is -2.48. The second-order valence-electron chi connectivity index (χ2n) is 18.6. The smallest absolute Gasteiger partial charge is 0.220 e. The molecule has 0 spiro atoms. The van der Waals surface area contributed by atoms with Gasteiger partial charge in [-0.05, 0) is 51.4 Å². The minimum atomic E-state index is -1.98. The number of hydrogen-bond acceptors (Lipinski definition) is 18. The standard InChI is InChI=1S/C50H89NO18/c1-3-5-7-9-10-11-12-13-14-15-16-17-18-19-20-21-22-24-26-28-38(56)51-33(34(55)27-25-23-8-6-4-2)32-64-48-44(62)41(59)46(36(30-53)66-48)69-50-45(63)42(60)47(37(31-54)67-50)68-49-43(61)40(58)39(57)35(29-52)65-49/h10-11,13-14,25,27,33-37,39-50,52-55,57-63H,3-9,12,15-24,26,28-32H2,1-2H3,(H,51,56)/b11-10-,14-13-,27-25+. The summed E-state index contributed by atoms with van der Waals surface area (Å²) in [5, 5.41) is 119. The van der Waals surface area contributed by atoms with Crippen LogP contribution in [0.3, 0.4) is 0 Å². The summed E-state index contributed by atoms with van der Waals surface area (Å²) in [7, 11) is 0. The molecule has 3 saturated heterocycles. The molecule has 3 aliphatic heterocycles. The summed E-state index contributed by atoms with van der Waals surface area (Å²) in [5.74, 6) is -0.291. The topological polar surface area (TPSA) is 307 Å². The molecule has 19 heteroatoms. The number of carbonyl (C=O) groups excluding carboxylic acids is 1. The number of unbranched alkanes of at least 4 members (excludes halogenated alkanes) is 15. The van der Waals surface area contributed by atoms with Gasteiger partial charge in [0.05, 0.1) is 38.6 Å². The van der Waals surface area contributed by atoms with E-state index in [1.54, 1.807) is 6.08 Å². The van der Waals surface area contributed by atoms with Gasteiger partial charge >= 0.3 is 0 Å². The van der Waals surface area contributed by atoms with Crippen molar-refractivity contribution in [1.29, 1.82) is 0 Å². The molecular weight excluding hydrogens is 903 g/mol. The molecule has 0 aromatic carbocycles. The van der Waals surface area contributed by atoms with Crippen molar-refractivity contribution >= 4 is 5.91 Å². The Labute approximate surface area is 409 Å². The Hall–Kier alpha value is -1.99. The summed E-state index contributed by atoms with van der Waals surface area (Å²) in [5.41, 5.74) is 0. The predicted molar refractivity (Wildman–Crippen MR) is 254 cm³/mol. The molecule has 0 bridgehead atoms. The van der Waals surface area contributed by atoms with Crippen molar-refractivity contribution in [3.05, 3.63) is 36.5 Å². The highest BCUT2D eigenvalue weighted by Crippen LogP contribution is 2.33. The van der Waals surface area contributed by atoms with E-state index in [9.17, 15) is 61.0 Å². The van der Waals surface area contributed by atoms with Crippen LogP contribution in [0.15, 0.2) is 36.5 Å². The predicted octanol–water partition coefficient (Wildman–Crippen LogP) is 1.81. The lowest BCUT2D eigenvalue weighted by Crippen LogP contribution is -2.66. The van der Waals surface area contributed by atoms with E-state index in [0.717, 1.165) is 64.2 Å². The fourth-order valence-corrected chi connectivity index (χ4v) is 8.57. The number of ether oxygens (including phenoxy) is 6. The van der Waals surface area contributed by atoms with Crippen LogP contribution in [0, 0.1) is 0 Å². The van der Waals surface area contributed by atoms with Crippen LogP contribution in [0.2, 0.25) is 0 Å². The number of allylic oxidation sites excluding steroid dienone is 5. The molecule has 19 nitrogen and oxygen atoms in total. The van der Waals surface area contributed by atoms with Gasteiger partial charge in [-0.2, -0.15) is 0 Å². The van der Waals surface area contributed by atoms with E-state index in [0.29, 0.717) is 6.42 Å². The highest BCUT2D eigenvalue weighted by molar-refractivity contribution is 5.76. The van der Waals surface area contributed by atoms with E-state index in [1.807, 2.05) is 6.08 Å². The Kier molecular flexibility index (Phi) is 31.3. The first-order chi connectivity index (χ1) is 33.3. The maximum absolute atomic E-state index is 13.1. The fraction of sp³-hybridized carbons (Fsp3) is 0.860. The zero-order chi connectivity index (χ0) is 50.6. The van der Waals surface area contributed by atoms with Crippen molar-refractivity contribution in [3.63, 3.8) is 0 Å². The molecule has 0 aromatic rings. The molecule has 402 valence electrons. The quantitative estimate of drug-likeness (QED) is 0.0318. The van der Waals surface area contributed by atoms with Crippen molar-refractivity contribution in [2.24, 2.45) is 0 Å². The SMILES string of the molecule is CCCCC/C=C\C/C=C\CCCCCCCCCCCC(=O)NC(COC1OC(CO)C(OC2OC(CO)C(OC3OC(CO)C(O)C(O)C3O)C(O)C2O)C(O)C1O)C(O)/C=C/CCCCC. The van der Waals surface area contributed by atoms with Crippen molar-refractivity contribution in [2.45, 2.75) is 247 Å². The van der Waals surface area contributed by atoms with Crippen LogP contribution >= 0.6 is 0 Å². The minimum Gasteiger partial charge on any atom is -0.394 e. The summed E-state index contributed by atoms with van der Waals surface area (Å²) in [4.78, 5) is 13.1. The first kappa shape index (κ1) is 61.3. The lowest BCUT2D eigenvalue weighted by molar-refractivity contribution is -0.379. The average molecular weight is 992 g/mol. The van der Waals surface area contributed by atoms with Gasteiger partial charge in [0.2, 0.25) is 5.91 Å². The highest BCUT2D eigenvalue weighted by atomic mass is 16.8. The Bertz CT molecular complexity index is 1420. The number of rotatable bonds is 35. The molecule has 69 heavy (non-hydrogen) atoms. The molecule has 3 rings (SSSR count). The molecular formula is C50H89NO18. The Morgan fingerprint density at radius 3 is 1.48 bits per heavy atom. The Morgan fingerprint density at radius 2 is 0.957 bits per heavy atom. The third kappa shape index (κ3) is 21.2. The molecule has 3 aliphatic rings. The molecule has 0 aromatic heterocycles. The van der Waals surface area contributed by atoms with E-state index >= 15 is 0 Å². The molecule has 17 unspecified atom stereocenters. The van der Waals surface area contributed by atoms with Crippen molar-refractivity contribution in [1.82, 2.24) is 5.32 Å².